The summed E-state index contributed by atoms with van der Waals surface area (Å²) in [5.74, 6) is -0.567. The number of carbonyl (C=O) groups excluding carboxylic acids is 2. The van der Waals surface area contributed by atoms with Crippen LogP contribution < -0.4 is 10.6 Å². The van der Waals surface area contributed by atoms with Crippen molar-refractivity contribution in [2.75, 3.05) is 13.1 Å². The van der Waals surface area contributed by atoms with Gasteiger partial charge in [0.05, 0.1) is 0 Å². The van der Waals surface area contributed by atoms with Gasteiger partial charge in [0.2, 0.25) is 11.8 Å². The van der Waals surface area contributed by atoms with Gasteiger partial charge in [-0.05, 0) is 18.1 Å². The van der Waals surface area contributed by atoms with E-state index in [4.69, 9.17) is 0 Å². The molecule has 0 aromatic heterocycles. The van der Waals surface area contributed by atoms with Gasteiger partial charge in [-0.2, -0.15) is 0 Å². The first-order valence-electron chi connectivity index (χ1n) is 5.84. The maximum Gasteiger partial charge on any atom is 0.220 e. The molecule has 0 saturated carbocycles. The third-order valence-corrected chi connectivity index (χ3v) is 2.40. The number of amides is 2. The molecule has 1 rings (SSSR count). The molecule has 18 heavy (non-hydrogen) atoms. The molecule has 0 fully saturated rings. The molecular weight excluding hydrogens is 235 g/mol. The first kappa shape index (κ1) is 14.2. The lowest BCUT2D eigenvalue weighted by Gasteiger charge is -2.06. The van der Waals surface area contributed by atoms with Gasteiger partial charge in [0.25, 0.3) is 0 Å². The van der Waals surface area contributed by atoms with Crippen LogP contribution >= 0.6 is 0 Å². The van der Waals surface area contributed by atoms with Crippen LogP contribution in [0, 0.1) is 5.82 Å². The van der Waals surface area contributed by atoms with E-state index in [1.54, 1.807) is 18.2 Å². The zero-order chi connectivity index (χ0) is 13.4. The number of carbonyl (C=O) groups is 2. The largest absolute Gasteiger partial charge is 0.355 e. The minimum atomic E-state index is -0.288. The summed E-state index contributed by atoms with van der Waals surface area (Å²) in [7, 11) is 0. The van der Waals surface area contributed by atoms with Gasteiger partial charge in [0, 0.05) is 26.4 Å². The minimum Gasteiger partial charge on any atom is -0.355 e. The Morgan fingerprint density at radius 2 is 1.83 bits per heavy atom. The van der Waals surface area contributed by atoms with Crippen LogP contribution in [0.25, 0.3) is 0 Å². The summed E-state index contributed by atoms with van der Waals surface area (Å²) in [4.78, 5) is 22.0. The fourth-order valence-corrected chi connectivity index (χ4v) is 1.48. The summed E-state index contributed by atoms with van der Waals surface area (Å²) >= 11 is 0. The molecule has 2 amide bonds. The maximum absolute atomic E-state index is 13.3. The highest BCUT2D eigenvalue weighted by molar-refractivity contribution is 5.76. The van der Waals surface area contributed by atoms with Crippen molar-refractivity contribution in [3.8, 4) is 0 Å². The number of benzene rings is 1. The Morgan fingerprint density at radius 3 is 2.50 bits per heavy atom. The highest BCUT2D eigenvalue weighted by atomic mass is 19.1. The lowest BCUT2D eigenvalue weighted by Crippen LogP contribution is -2.33. The summed E-state index contributed by atoms with van der Waals surface area (Å²) < 4.78 is 13.3. The van der Waals surface area contributed by atoms with Crippen LogP contribution in [0.1, 0.15) is 18.9 Å². The van der Waals surface area contributed by atoms with Crippen LogP contribution in [0.4, 0.5) is 4.39 Å². The van der Waals surface area contributed by atoms with Gasteiger partial charge in [0.1, 0.15) is 5.82 Å². The van der Waals surface area contributed by atoms with Crippen LogP contribution in [-0.4, -0.2) is 24.9 Å². The topological polar surface area (TPSA) is 58.2 Å². The van der Waals surface area contributed by atoms with Crippen LogP contribution in [0.15, 0.2) is 24.3 Å². The number of aryl methyl sites for hydroxylation is 1. The lowest BCUT2D eigenvalue weighted by atomic mass is 10.1. The summed E-state index contributed by atoms with van der Waals surface area (Å²) in [5, 5.41) is 5.22. The molecule has 0 unspecified atom stereocenters. The Morgan fingerprint density at radius 1 is 1.17 bits per heavy atom. The minimum absolute atomic E-state index is 0.129. The van der Waals surface area contributed by atoms with Gasteiger partial charge < -0.3 is 10.6 Å². The van der Waals surface area contributed by atoms with Crippen molar-refractivity contribution < 1.29 is 14.0 Å². The zero-order valence-electron chi connectivity index (χ0n) is 10.3. The fraction of sp³-hybridized carbons (Fsp3) is 0.385. The van der Waals surface area contributed by atoms with Crippen LogP contribution in [-0.2, 0) is 16.0 Å². The van der Waals surface area contributed by atoms with Gasteiger partial charge >= 0.3 is 0 Å². The number of nitrogens with one attached hydrogen (secondary N) is 2. The van der Waals surface area contributed by atoms with Crippen molar-refractivity contribution >= 4 is 11.8 Å². The molecule has 0 bridgehead atoms. The van der Waals surface area contributed by atoms with Crippen molar-refractivity contribution in [1.29, 1.82) is 0 Å². The second-order valence-electron chi connectivity index (χ2n) is 3.92. The Labute approximate surface area is 106 Å². The molecule has 0 heterocycles. The lowest BCUT2D eigenvalue weighted by molar-refractivity contribution is -0.122. The van der Waals surface area contributed by atoms with Crippen molar-refractivity contribution in [3.05, 3.63) is 35.6 Å². The fourth-order valence-electron chi connectivity index (χ4n) is 1.48. The maximum atomic E-state index is 13.3. The summed E-state index contributed by atoms with van der Waals surface area (Å²) in [6.45, 7) is 2.20. The highest BCUT2D eigenvalue weighted by Gasteiger charge is 2.05. The number of halogens is 1. The van der Waals surface area contributed by atoms with E-state index >= 15 is 0 Å². The smallest absolute Gasteiger partial charge is 0.220 e. The number of rotatable bonds is 6. The second kappa shape index (κ2) is 7.42. The zero-order valence-corrected chi connectivity index (χ0v) is 10.3. The molecule has 0 aliphatic carbocycles. The second-order valence-corrected chi connectivity index (χ2v) is 3.92. The molecule has 98 valence electrons. The van der Waals surface area contributed by atoms with Crippen molar-refractivity contribution in [3.63, 3.8) is 0 Å². The Balaban J connectivity index is 2.21. The van der Waals surface area contributed by atoms with E-state index in [-0.39, 0.29) is 24.1 Å². The third-order valence-electron chi connectivity index (χ3n) is 2.40. The molecule has 0 saturated heterocycles. The first-order chi connectivity index (χ1) is 8.59. The van der Waals surface area contributed by atoms with Crippen LogP contribution in [0.5, 0.6) is 0 Å². The molecule has 1 aromatic rings. The normalized spacial score (nSPS) is 9.89. The van der Waals surface area contributed by atoms with E-state index in [2.05, 4.69) is 10.6 Å². The van der Waals surface area contributed by atoms with E-state index in [0.717, 1.165) is 0 Å². The van der Waals surface area contributed by atoms with E-state index in [0.29, 0.717) is 25.1 Å². The number of hydrogen-bond acceptors (Lipinski definition) is 2. The summed E-state index contributed by atoms with van der Waals surface area (Å²) in [5.41, 5.74) is 0.537. The Bertz CT molecular complexity index is 421. The molecule has 0 radical (unpaired) electrons. The van der Waals surface area contributed by atoms with Crippen molar-refractivity contribution in [1.82, 2.24) is 10.6 Å². The average molecular weight is 252 g/mol. The quantitative estimate of drug-likeness (QED) is 0.742. The monoisotopic (exact) mass is 252 g/mol. The van der Waals surface area contributed by atoms with Gasteiger partial charge in [0.15, 0.2) is 0 Å². The predicted octanol–water partition coefficient (Wildman–Crippen LogP) is 1.01. The standard InChI is InChI=1S/C13H17FN2O2/c1-10(17)15-8-9-16-13(18)7-6-11-4-2-3-5-12(11)14/h2-5H,6-9H2,1H3,(H,15,17)(H,16,18). The molecule has 2 N–H and O–H groups in total. The van der Waals surface area contributed by atoms with E-state index in [1.165, 1.54) is 13.0 Å². The highest BCUT2D eigenvalue weighted by Crippen LogP contribution is 2.08. The van der Waals surface area contributed by atoms with Crippen LogP contribution in [0.3, 0.4) is 0 Å². The van der Waals surface area contributed by atoms with Gasteiger partial charge in [-0.25, -0.2) is 4.39 Å². The van der Waals surface area contributed by atoms with Crippen LogP contribution in [0.2, 0.25) is 0 Å². The number of hydrogen-bond donors (Lipinski definition) is 2. The molecular formula is C13H17FN2O2. The Hall–Kier alpha value is -1.91. The predicted molar refractivity (Wildman–Crippen MR) is 66.4 cm³/mol. The average Bonchev–Trinajstić information content (AvgIpc) is 2.33. The molecule has 0 spiro atoms. The molecule has 0 aliphatic heterocycles. The molecule has 4 nitrogen and oxygen atoms in total. The van der Waals surface area contributed by atoms with Gasteiger partial charge in [-0.3, -0.25) is 9.59 Å². The van der Waals surface area contributed by atoms with E-state index in [1.807, 2.05) is 0 Å². The summed E-state index contributed by atoms with van der Waals surface area (Å²) in [6.07, 6.45) is 0.611. The van der Waals surface area contributed by atoms with Gasteiger partial charge in [-0.1, -0.05) is 18.2 Å². The Kier molecular flexibility index (Phi) is 5.84. The van der Waals surface area contributed by atoms with Gasteiger partial charge in [-0.15, -0.1) is 0 Å². The summed E-state index contributed by atoms with van der Waals surface area (Å²) in [6, 6.07) is 6.41. The van der Waals surface area contributed by atoms with Crippen molar-refractivity contribution in [2.24, 2.45) is 0 Å². The van der Waals surface area contributed by atoms with Crippen molar-refractivity contribution in [2.45, 2.75) is 19.8 Å². The molecule has 1 aromatic carbocycles. The van der Waals surface area contributed by atoms with E-state index < -0.39 is 0 Å². The molecule has 0 aliphatic rings. The first-order valence-corrected chi connectivity index (χ1v) is 5.84. The SMILES string of the molecule is CC(=O)NCCNC(=O)CCc1ccccc1F. The third kappa shape index (κ3) is 5.43. The van der Waals surface area contributed by atoms with E-state index in [9.17, 15) is 14.0 Å². The molecule has 5 heteroatoms. The molecule has 0 atom stereocenters.